The summed E-state index contributed by atoms with van der Waals surface area (Å²) in [6, 6.07) is 0. The molecule has 0 saturated carbocycles. The molecular formula is C10H23N. The third kappa shape index (κ3) is 2.82. The lowest BCUT2D eigenvalue weighted by atomic mass is 9.70. The van der Waals surface area contributed by atoms with Gasteiger partial charge in [-0.25, -0.2) is 0 Å². The predicted octanol–water partition coefficient (Wildman–Crippen LogP) is 2.65. The maximum absolute atomic E-state index is 5.53. The van der Waals surface area contributed by atoms with Crippen LogP contribution in [0.1, 0.15) is 41.0 Å². The molecule has 0 amide bonds. The summed E-state index contributed by atoms with van der Waals surface area (Å²) in [6.45, 7) is 12.3. The Hall–Kier alpha value is -0.0400. The predicted molar refractivity (Wildman–Crippen MR) is 51.5 cm³/mol. The Morgan fingerprint density at radius 1 is 1.18 bits per heavy atom. The van der Waals surface area contributed by atoms with Gasteiger partial charge in [-0.05, 0) is 30.2 Å². The first kappa shape index (κ1) is 11.0. The van der Waals surface area contributed by atoms with Crippen molar-refractivity contribution in [2.24, 2.45) is 23.0 Å². The second-order valence-electron chi connectivity index (χ2n) is 4.45. The molecule has 0 aliphatic heterocycles. The van der Waals surface area contributed by atoms with Gasteiger partial charge in [0.2, 0.25) is 0 Å². The van der Waals surface area contributed by atoms with Crippen molar-refractivity contribution >= 4 is 0 Å². The maximum Gasteiger partial charge on any atom is -0.00745 e. The summed E-state index contributed by atoms with van der Waals surface area (Å²) in [7, 11) is 0. The minimum atomic E-state index is 0.430. The Kier molecular flexibility index (Phi) is 4.09. The zero-order chi connectivity index (χ0) is 9.07. The number of hydrogen-bond acceptors (Lipinski definition) is 1. The summed E-state index contributed by atoms with van der Waals surface area (Å²) in [5.74, 6) is 1.47. The molecule has 0 spiro atoms. The van der Waals surface area contributed by atoms with E-state index in [0.29, 0.717) is 5.41 Å². The topological polar surface area (TPSA) is 26.0 Å². The van der Waals surface area contributed by atoms with Gasteiger partial charge in [-0.15, -0.1) is 0 Å². The van der Waals surface area contributed by atoms with E-state index in [4.69, 9.17) is 5.73 Å². The second-order valence-corrected chi connectivity index (χ2v) is 4.45. The minimum Gasteiger partial charge on any atom is -0.330 e. The van der Waals surface area contributed by atoms with Crippen LogP contribution < -0.4 is 5.73 Å². The average molecular weight is 157 g/mol. The van der Waals surface area contributed by atoms with Crippen LogP contribution in [0.25, 0.3) is 0 Å². The first-order chi connectivity index (χ1) is 4.92. The SMILES string of the molecule is CC(C)C(C)(C)[C@@H](C)CCN. The van der Waals surface area contributed by atoms with Gasteiger partial charge in [0.05, 0.1) is 0 Å². The van der Waals surface area contributed by atoms with Crippen LogP contribution in [0.2, 0.25) is 0 Å². The van der Waals surface area contributed by atoms with Gasteiger partial charge in [0, 0.05) is 0 Å². The summed E-state index contributed by atoms with van der Waals surface area (Å²) in [5, 5.41) is 0. The van der Waals surface area contributed by atoms with Crippen molar-refractivity contribution in [3.63, 3.8) is 0 Å². The van der Waals surface area contributed by atoms with Gasteiger partial charge in [-0.1, -0.05) is 34.6 Å². The Bertz CT molecular complexity index is 105. The third-order valence-corrected chi connectivity index (χ3v) is 3.36. The highest BCUT2D eigenvalue weighted by Gasteiger charge is 2.28. The van der Waals surface area contributed by atoms with Crippen LogP contribution in [0.3, 0.4) is 0 Å². The van der Waals surface area contributed by atoms with E-state index >= 15 is 0 Å². The summed E-state index contributed by atoms with van der Waals surface area (Å²) in [5.41, 5.74) is 5.96. The molecule has 2 N–H and O–H groups in total. The monoisotopic (exact) mass is 157 g/mol. The highest BCUT2D eigenvalue weighted by molar-refractivity contribution is 4.78. The van der Waals surface area contributed by atoms with E-state index < -0.39 is 0 Å². The Labute approximate surface area is 71.4 Å². The molecule has 0 fully saturated rings. The molecule has 0 aromatic rings. The molecule has 0 aliphatic carbocycles. The van der Waals surface area contributed by atoms with Crippen LogP contribution in [-0.2, 0) is 0 Å². The van der Waals surface area contributed by atoms with E-state index in [0.717, 1.165) is 24.8 Å². The molecule has 0 bridgehead atoms. The molecule has 0 heterocycles. The van der Waals surface area contributed by atoms with Crippen molar-refractivity contribution < 1.29 is 0 Å². The molecule has 1 nitrogen and oxygen atoms in total. The Morgan fingerprint density at radius 2 is 1.64 bits per heavy atom. The highest BCUT2D eigenvalue weighted by atomic mass is 14.5. The summed E-state index contributed by atoms with van der Waals surface area (Å²) in [6.07, 6.45) is 1.14. The van der Waals surface area contributed by atoms with Crippen molar-refractivity contribution in [1.82, 2.24) is 0 Å². The quantitative estimate of drug-likeness (QED) is 0.667. The van der Waals surface area contributed by atoms with Gasteiger partial charge >= 0.3 is 0 Å². The highest BCUT2D eigenvalue weighted by Crippen LogP contribution is 2.36. The Morgan fingerprint density at radius 3 is 1.91 bits per heavy atom. The fourth-order valence-electron chi connectivity index (χ4n) is 1.19. The van der Waals surface area contributed by atoms with Crippen molar-refractivity contribution in [3.05, 3.63) is 0 Å². The van der Waals surface area contributed by atoms with E-state index in [1.807, 2.05) is 0 Å². The number of hydrogen-bond donors (Lipinski definition) is 1. The first-order valence-electron chi connectivity index (χ1n) is 4.63. The van der Waals surface area contributed by atoms with Gasteiger partial charge in [0.15, 0.2) is 0 Å². The van der Waals surface area contributed by atoms with Gasteiger partial charge in [0.1, 0.15) is 0 Å². The third-order valence-electron chi connectivity index (χ3n) is 3.36. The Balaban J connectivity index is 4.05. The van der Waals surface area contributed by atoms with Crippen LogP contribution in [0.15, 0.2) is 0 Å². The zero-order valence-corrected chi connectivity index (χ0v) is 8.65. The van der Waals surface area contributed by atoms with E-state index in [1.54, 1.807) is 0 Å². The van der Waals surface area contributed by atoms with Crippen LogP contribution in [0.5, 0.6) is 0 Å². The molecule has 1 atom stereocenters. The van der Waals surface area contributed by atoms with Crippen LogP contribution in [0.4, 0.5) is 0 Å². The van der Waals surface area contributed by atoms with Gasteiger partial charge in [0.25, 0.3) is 0 Å². The molecule has 0 aromatic heterocycles. The van der Waals surface area contributed by atoms with Gasteiger partial charge in [-0.2, -0.15) is 0 Å². The fraction of sp³-hybridized carbons (Fsp3) is 1.00. The number of rotatable bonds is 4. The fourth-order valence-corrected chi connectivity index (χ4v) is 1.19. The van der Waals surface area contributed by atoms with Crippen molar-refractivity contribution in [2.75, 3.05) is 6.54 Å². The zero-order valence-electron chi connectivity index (χ0n) is 8.65. The molecule has 0 aromatic carbocycles. The lowest BCUT2D eigenvalue weighted by Crippen LogP contribution is -2.29. The summed E-state index contributed by atoms with van der Waals surface area (Å²) >= 11 is 0. The summed E-state index contributed by atoms with van der Waals surface area (Å²) < 4.78 is 0. The molecule has 68 valence electrons. The van der Waals surface area contributed by atoms with Crippen molar-refractivity contribution in [2.45, 2.75) is 41.0 Å². The normalized spacial score (nSPS) is 15.5. The molecule has 11 heavy (non-hydrogen) atoms. The molecule has 0 aliphatic rings. The summed E-state index contributed by atoms with van der Waals surface area (Å²) in [4.78, 5) is 0. The largest absolute Gasteiger partial charge is 0.330 e. The van der Waals surface area contributed by atoms with Crippen molar-refractivity contribution in [3.8, 4) is 0 Å². The first-order valence-corrected chi connectivity index (χ1v) is 4.63. The van der Waals surface area contributed by atoms with Crippen LogP contribution in [0, 0.1) is 17.3 Å². The average Bonchev–Trinajstić information content (AvgIpc) is 1.88. The smallest absolute Gasteiger partial charge is 0.00745 e. The van der Waals surface area contributed by atoms with E-state index in [2.05, 4.69) is 34.6 Å². The molecule has 0 saturated heterocycles. The van der Waals surface area contributed by atoms with Crippen LogP contribution in [-0.4, -0.2) is 6.54 Å². The van der Waals surface area contributed by atoms with Gasteiger partial charge < -0.3 is 5.73 Å². The van der Waals surface area contributed by atoms with E-state index in [1.165, 1.54) is 0 Å². The van der Waals surface area contributed by atoms with Crippen molar-refractivity contribution in [1.29, 1.82) is 0 Å². The lowest BCUT2D eigenvalue weighted by Gasteiger charge is -2.35. The number of nitrogens with two attached hydrogens (primary N) is 1. The lowest BCUT2D eigenvalue weighted by molar-refractivity contribution is 0.145. The minimum absolute atomic E-state index is 0.430. The standard InChI is InChI=1S/C10H23N/c1-8(2)10(4,5)9(3)6-7-11/h8-9H,6-7,11H2,1-5H3/t9-/m0/s1. The maximum atomic E-state index is 5.53. The van der Waals surface area contributed by atoms with Gasteiger partial charge in [-0.3, -0.25) is 0 Å². The van der Waals surface area contributed by atoms with Crippen LogP contribution >= 0.6 is 0 Å². The van der Waals surface area contributed by atoms with E-state index in [-0.39, 0.29) is 0 Å². The molecular weight excluding hydrogens is 134 g/mol. The second kappa shape index (κ2) is 4.10. The molecule has 0 unspecified atom stereocenters. The molecule has 0 radical (unpaired) electrons. The van der Waals surface area contributed by atoms with E-state index in [9.17, 15) is 0 Å². The molecule has 1 heteroatoms. The molecule has 0 rings (SSSR count).